The van der Waals surface area contributed by atoms with Crippen LogP contribution in [0.3, 0.4) is 0 Å². The summed E-state index contributed by atoms with van der Waals surface area (Å²) in [7, 11) is 0. The molecule has 0 radical (unpaired) electrons. The highest BCUT2D eigenvalue weighted by atomic mass is 16.6. The maximum atomic E-state index is 11.7. The third-order valence-electron chi connectivity index (χ3n) is 2.28. The molecule has 1 aromatic heterocycles. The molecule has 88 valence electrons. The third kappa shape index (κ3) is 2.60. The lowest BCUT2D eigenvalue weighted by atomic mass is 10.2. The molecule has 0 fully saturated rings. The number of nitrogens with one attached hydrogen (secondary N) is 2. The molecule has 2 rings (SSSR count). The van der Waals surface area contributed by atoms with E-state index in [1.807, 2.05) is 31.2 Å². The summed E-state index contributed by atoms with van der Waals surface area (Å²) in [6.07, 6.45) is 0. The fraction of sp³-hybridized carbons (Fsp3) is 0.182. The first-order valence-electron chi connectivity index (χ1n) is 5.09. The summed E-state index contributed by atoms with van der Waals surface area (Å²) in [5.74, 6) is 0.316. The molecule has 0 saturated heterocycles. The van der Waals surface area contributed by atoms with Gasteiger partial charge in [-0.25, -0.2) is 9.42 Å². The van der Waals surface area contributed by atoms with E-state index in [4.69, 9.17) is 0 Å². The van der Waals surface area contributed by atoms with Gasteiger partial charge in [0.05, 0.1) is 0 Å². The maximum Gasteiger partial charge on any atom is 0.325 e. The van der Waals surface area contributed by atoms with Crippen LogP contribution < -0.4 is 10.6 Å². The molecule has 6 nitrogen and oxygen atoms in total. The summed E-state index contributed by atoms with van der Waals surface area (Å²) in [5, 5.41) is 12.4. The SMILES string of the molecule is Cc1ccccc1NC(=O)Nc1nonc1C. The Balaban J connectivity index is 2.03. The van der Waals surface area contributed by atoms with E-state index in [0.717, 1.165) is 11.3 Å². The molecule has 0 spiro atoms. The van der Waals surface area contributed by atoms with Crippen molar-refractivity contribution in [3.63, 3.8) is 0 Å². The number of hydrogen-bond acceptors (Lipinski definition) is 4. The zero-order chi connectivity index (χ0) is 12.3. The zero-order valence-corrected chi connectivity index (χ0v) is 9.52. The highest BCUT2D eigenvalue weighted by molar-refractivity contribution is 5.99. The van der Waals surface area contributed by atoms with Crippen LogP contribution in [-0.2, 0) is 0 Å². The molecule has 0 bridgehead atoms. The molecule has 0 aliphatic carbocycles. The van der Waals surface area contributed by atoms with E-state index in [0.29, 0.717) is 11.5 Å². The van der Waals surface area contributed by atoms with Crippen LogP contribution in [-0.4, -0.2) is 16.3 Å². The second-order valence-electron chi connectivity index (χ2n) is 3.59. The van der Waals surface area contributed by atoms with Gasteiger partial charge >= 0.3 is 6.03 Å². The molecule has 1 aromatic carbocycles. The van der Waals surface area contributed by atoms with Gasteiger partial charge in [-0.2, -0.15) is 0 Å². The van der Waals surface area contributed by atoms with Crippen LogP contribution in [0.4, 0.5) is 16.3 Å². The van der Waals surface area contributed by atoms with E-state index in [-0.39, 0.29) is 6.03 Å². The van der Waals surface area contributed by atoms with Crippen molar-refractivity contribution in [1.82, 2.24) is 10.3 Å². The van der Waals surface area contributed by atoms with Gasteiger partial charge in [0.2, 0.25) is 5.82 Å². The molecular formula is C11H12N4O2. The number of para-hydroxylation sites is 1. The van der Waals surface area contributed by atoms with Gasteiger partial charge in [-0.3, -0.25) is 5.32 Å². The molecule has 0 unspecified atom stereocenters. The Kier molecular flexibility index (Phi) is 3.04. The summed E-state index contributed by atoms with van der Waals surface area (Å²) in [6, 6.07) is 7.12. The quantitative estimate of drug-likeness (QED) is 0.832. The molecule has 0 aliphatic rings. The standard InChI is InChI=1S/C11H12N4O2/c1-7-5-3-4-6-9(7)12-11(16)13-10-8(2)14-17-15-10/h3-6H,1-2H3,(H2,12,13,15,16). The van der Waals surface area contributed by atoms with E-state index < -0.39 is 0 Å². The Morgan fingerprint density at radius 2 is 1.94 bits per heavy atom. The number of aromatic nitrogens is 2. The van der Waals surface area contributed by atoms with Crippen LogP contribution in [0, 0.1) is 13.8 Å². The van der Waals surface area contributed by atoms with Crippen LogP contribution in [0.5, 0.6) is 0 Å². The first-order chi connectivity index (χ1) is 8.16. The Hall–Kier alpha value is -2.37. The fourth-order valence-corrected chi connectivity index (χ4v) is 1.32. The van der Waals surface area contributed by atoms with Crippen LogP contribution in [0.25, 0.3) is 0 Å². The molecular weight excluding hydrogens is 220 g/mol. The van der Waals surface area contributed by atoms with Gasteiger partial charge in [0.15, 0.2) is 0 Å². The predicted molar refractivity (Wildman–Crippen MR) is 62.9 cm³/mol. The van der Waals surface area contributed by atoms with Crippen molar-refractivity contribution in [3.8, 4) is 0 Å². The second-order valence-corrected chi connectivity index (χ2v) is 3.59. The number of urea groups is 1. The number of carbonyl (C=O) groups is 1. The maximum absolute atomic E-state index is 11.7. The Bertz CT molecular complexity index is 536. The van der Waals surface area contributed by atoms with Crippen molar-refractivity contribution < 1.29 is 9.42 Å². The van der Waals surface area contributed by atoms with Crippen LogP contribution in [0.15, 0.2) is 28.9 Å². The number of rotatable bonds is 2. The topological polar surface area (TPSA) is 80.0 Å². The molecule has 2 amide bonds. The summed E-state index contributed by atoms with van der Waals surface area (Å²) in [5.41, 5.74) is 2.27. The van der Waals surface area contributed by atoms with Crippen molar-refractivity contribution in [3.05, 3.63) is 35.5 Å². The predicted octanol–water partition coefficient (Wildman–Crippen LogP) is 2.33. The van der Waals surface area contributed by atoms with Crippen LogP contribution in [0.1, 0.15) is 11.3 Å². The van der Waals surface area contributed by atoms with Crippen molar-refractivity contribution in [2.24, 2.45) is 0 Å². The van der Waals surface area contributed by atoms with Crippen molar-refractivity contribution >= 4 is 17.5 Å². The molecule has 0 aliphatic heterocycles. The van der Waals surface area contributed by atoms with Crippen molar-refractivity contribution in [2.75, 3.05) is 10.6 Å². The van der Waals surface area contributed by atoms with Gasteiger partial charge in [0, 0.05) is 5.69 Å². The lowest BCUT2D eigenvalue weighted by Gasteiger charge is -2.07. The lowest BCUT2D eigenvalue weighted by Crippen LogP contribution is -2.20. The normalized spacial score (nSPS) is 10.0. The number of nitrogens with zero attached hydrogens (tertiary/aromatic N) is 2. The van der Waals surface area contributed by atoms with Gasteiger partial charge in [-0.15, -0.1) is 0 Å². The van der Waals surface area contributed by atoms with Crippen molar-refractivity contribution in [2.45, 2.75) is 13.8 Å². The lowest BCUT2D eigenvalue weighted by molar-refractivity contribution is 0.261. The number of amides is 2. The summed E-state index contributed by atoms with van der Waals surface area (Å²) in [6.45, 7) is 3.61. The molecule has 17 heavy (non-hydrogen) atoms. The van der Waals surface area contributed by atoms with E-state index >= 15 is 0 Å². The molecule has 0 saturated carbocycles. The van der Waals surface area contributed by atoms with Gasteiger partial charge in [0.1, 0.15) is 5.69 Å². The smallest absolute Gasteiger partial charge is 0.307 e. The minimum absolute atomic E-state index is 0.316. The first kappa shape index (κ1) is 11.1. The largest absolute Gasteiger partial charge is 0.325 e. The summed E-state index contributed by atoms with van der Waals surface area (Å²) in [4.78, 5) is 11.7. The average Bonchev–Trinajstić information content (AvgIpc) is 2.68. The Morgan fingerprint density at radius 3 is 2.59 bits per heavy atom. The highest BCUT2D eigenvalue weighted by Crippen LogP contribution is 2.14. The molecule has 6 heteroatoms. The fourth-order valence-electron chi connectivity index (χ4n) is 1.32. The number of aryl methyl sites for hydroxylation is 2. The monoisotopic (exact) mass is 232 g/mol. The van der Waals surface area contributed by atoms with E-state index in [1.165, 1.54) is 0 Å². The summed E-state index contributed by atoms with van der Waals surface area (Å²) >= 11 is 0. The number of benzene rings is 1. The Morgan fingerprint density at radius 1 is 1.18 bits per heavy atom. The molecule has 0 atom stereocenters. The number of carbonyl (C=O) groups excluding carboxylic acids is 1. The van der Waals surface area contributed by atoms with Gasteiger partial charge in [-0.05, 0) is 30.6 Å². The third-order valence-corrected chi connectivity index (χ3v) is 2.28. The van der Waals surface area contributed by atoms with E-state index in [2.05, 4.69) is 25.6 Å². The van der Waals surface area contributed by atoms with Gasteiger partial charge in [-0.1, -0.05) is 23.4 Å². The van der Waals surface area contributed by atoms with E-state index in [1.54, 1.807) is 6.92 Å². The minimum Gasteiger partial charge on any atom is -0.307 e. The van der Waals surface area contributed by atoms with E-state index in [9.17, 15) is 4.79 Å². The molecule has 2 N–H and O–H groups in total. The zero-order valence-electron chi connectivity index (χ0n) is 9.52. The van der Waals surface area contributed by atoms with Crippen molar-refractivity contribution in [1.29, 1.82) is 0 Å². The Labute approximate surface area is 98.0 Å². The van der Waals surface area contributed by atoms with Crippen LogP contribution >= 0.6 is 0 Å². The number of hydrogen-bond donors (Lipinski definition) is 2. The van der Waals surface area contributed by atoms with Gasteiger partial charge < -0.3 is 5.32 Å². The van der Waals surface area contributed by atoms with Gasteiger partial charge in [0.25, 0.3) is 0 Å². The minimum atomic E-state index is -0.377. The molecule has 1 heterocycles. The molecule has 2 aromatic rings. The highest BCUT2D eigenvalue weighted by Gasteiger charge is 2.09. The summed E-state index contributed by atoms with van der Waals surface area (Å²) < 4.78 is 4.48. The first-order valence-corrected chi connectivity index (χ1v) is 5.09. The van der Waals surface area contributed by atoms with Crippen LogP contribution in [0.2, 0.25) is 0 Å². The average molecular weight is 232 g/mol. The second kappa shape index (κ2) is 4.65. The number of anilines is 2.